The van der Waals surface area contributed by atoms with Crippen molar-refractivity contribution >= 4 is 11.8 Å². The number of hydrogen-bond acceptors (Lipinski definition) is 2. The Kier molecular flexibility index (Phi) is 7.82. The molecule has 0 saturated carbocycles. The largest absolute Gasteiger partial charge is 0.357 e. The summed E-state index contributed by atoms with van der Waals surface area (Å²) in [4.78, 5) is 28.3. The summed E-state index contributed by atoms with van der Waals surface area (Å²) in [6.45, 7) is 6.49. The van der Waals surface area contributed by atoms with E-state index >= 15 is 0 Å². The third-order valence-electron chi connectivity index (χ3n) is 5.63. The Morgan fingerprint density at radius 3 is 2.00 bits per heavy atom. The van der Waals surface area contributed by atoms with E-state index in [1.807, 2.05) is 87.5 Å². The van der Waals surface area contributed by atoms with Gasteiger partial charge < -0.3 is 10.2 Å². The number of amides is 2. The molecule has 1 N–H and O–H groups in total. The second-order valence-electron chi connectivity index (χ2n) is 8.50. The van der Waals surface area contributed by atoms with Gasteiger partial charge in [-0.3, -0.25) is 9.59 Å². The fraction of sp³-hybridized carbons (Fsp3) is 0.286. The van der Waals surface area contributed by atoms with E-state index in [4.69, 9.17) is 0 Å². The number of carbonyl (C=O) groups is 2. The van der Waals surface area contributed by atoms with Crippen LogP contribution in [0.25, 0.3) is 0 Å². The van der Waals surface area contributed by atoms with Crippen LogP contribution >= 0.6 is 0 Å². The van der Waals surface area contributed by atoms with Gasteiger partial charge in [0.25, 0.3) is 0 Å². The van der Waals surface area contributed by atoms with Crippen LogP contribution < -0.4 is 5.32 Å². The minimum absolute atomic E-state index is 0.0555. The Balaban J connectivity index is 1.95. The highest BCUT2D eigenvalue weighted by Crippen LogP contribution is 2.18. The van der Waals surface area contributed by atoms with Crippen molar-refractivity contribution < 1.29 is 9.59 Å². The van der Waals surface area contributed by atoms with E-state index in [0.717, 1.165) is 33.4 Å². The van der Waals surface area contributed by atoms with Crippen LogP contribution in [0, 0.1) is 20.8 Å². The molecule has 166 valence electrons. The van der Waals surface area contributed by atoms with Crippen LogP contribution in [0.3, 0.4) is 0 Å². The first-order chi connectivity index (χ1) is 15.4. The molecule has 0 aromatic heterocycles. The second-order valence-corrected chi connectivity index (χ2v) is 8.50. The number of rotatable bonds is 8. The molecule has 1 atom stereocenters. The quantitative estimate of drug-likeness (QED) is 0.573. The fourth-order valence-electron chi connectivity index (χ4n) is 4.06. The van der Waals surface area contributed by atoms with Crippen molar-refractivity contribution in [1.29, 1.82) is 0 Å². The van der Waals surface area contributed by atoms with Gasteiger partial charge in [-0.15, -0.1) is 0 Å². The van der Waals surface area contributed by atoms with Crippen LogP contribution in [0.1, 0.15) is 33.4 Å². The Hall–Kier alpha value is -3.40. The van der Waals surface area contributed by atoms with Gasteiger partial charge in [0.2, 0.25) is 11.8 Å². The van der Waals surface area contributed by atoms with E-state index in [1.54, 1.807) is 11.9 Å². The smallest absolute Gasteiger partial charge is 0.242 e. The van der Waals surface area contributed by atoms with Gasteiger partial charge in [0.1, 0.15) is 6.04 Å². The number of benzene rings is 3. The third-order valence-corrected chi connectivity index (χ3v) is 5.63. The predicted molar refractivity (Wildman–Crippen MR) is 129 cm³/mol. The molecular weight excluding hydrogens is 396 g/mol. The summed E-state index contributed by atoms with van der Waals surface area (Å²) >= 11 is 0. The molecule has 0 fully saturated rings. The van der Waals surface area contributed by atoms with Gasteiger partial charge in [-0.1, -0.05) is 89.5 Å². The maximum absolute atomic E-state index is 13.6. The molecule has 0 aliphatic carbocycles. The van der Waals surface area contributed by atoms with Crippen LogP contribution in [-0.4, -0.2) is 29.8 Å². The molecule has 0 spiro atoms. The molecule has 32 heavy (non-hydrogen) atoms. The number of carbonyl (C=O) groups excluding carboxylic acids is 2. The van der Waals surface area contributed by atoms with Crippen molar-refractivity contribution in [3.05, 3.63) is 106 Å². The first-order valence-corrected chi connectivity index (χ1v) is 11.0. The second kappa shape index (κ2) is 10.8. The Bertz CT molecular complexity index is 1040. The molecule has 3 aromatic rings. The number of nitrogens with one attached hydrogen (secondary N) is 1. The summed E-state index contributed by atoms with van der Waals surface area (Å²) in [6.07, 6.45) is 0.724. The van der Waals surface area contributed by atoms with Gasteiger partial charge in [0.15, 0.2) is 0 Å². The summed E-state index contributed by atoms with van der Waals surface area (Å²) in [5, 5.41) is 2.76. The Morgan fingerprint density at radius 2 is 1.41 bits per heavy atom. The molecule has 4 nitrogen and oxygen atoms in total. The third kappa shape index (κ3) is 6.30. The zero-order valence-corrected chi connectivity index (χ0v) is 19.4. The first kappa shape index (κ1) is 23.3. The van der Waals surface area contributed by atoms with Crippen LogP contribution in [-0.2, 0) is 29.0 Å². The van der Waals surface area contributed by atoms with E-state index in [1.165, 1.54) is 0 Å². The molecule has 3 rings (SSSR count). The summed E-state index contributed by atoms with van der Waals surface area (Å²) < 4.78 is 0. The van der Waals surface area contributed by atoms with Crippen molar-refractivity contribution in [1.82, 2.24) is 10.2 Å². The summed E-state index contributed by atoms with van der Waals surface area (Å²) in [7, 11) is 1.62. The lowest BCUT2D eigenvalue weighted by atomic mass is 10.00. The fourth-order valence-corrected chi connectivity index (χ4v) is 4.06. The summed E-state index contributed by atoms with van der Waals surface area (Å²) in [6, 6.07) is 23.6. The minimum Gasteiger partial charge on any atom is -0.357 e. The van der Waals surface area contributed by atoms with Crippen LogP contribution in [0.4, 0.5) is 0 Å². The van der Waals surface area contributed by atoms with Crippen LogP contribution in [0.5, 0.6) is 0 Å². The molecule has 0 aliphatic heterocycles. The Labute approximate surface area is 191 Å². The highest BCUT2D eigenvalue weighted by atomic mass is 16.2. The normalized spacial score (nSPS) is 11.6. The van der Waals surface area contributed by atoms with Gasteiger partial charge in [-0.2, -0.15) is 0 Å². The average molecular weight is 429 g/mol. The minimum atomic E-state index is -0.595. The lowest BCUT2D eigenvalue weighted by Gasteiger charge is -2.31. The SMILES string of the molecule is CNC(=O)[C@@H](Cc1ccccc1)N(Cc1ccc(C)cc1)C(=O)Cc1cc(C)cc(C)c1. The molecule has 3 aromatic carbocycles. The van der Waals surface area contributed by atoms with E-state index in [0.29, 0.717) is 13.0 Å². The van der Waals surface area contributed by atoms with Gasteiger partial charge in [-0.25, -0.2) is 0 Å². The molecule has 0 unspecified atom stereocenters. The zero-order chi connectivity index (χ0) is 23.1. The molecule has 0 aliphatic rings. The highest BCUT2D eigenvalue weighted by molar-refractivity contribution is 5.88. The van der Waals surface area contributed by atoms with Crippen molar-refractivity contribution in [3.63, 3.8) is 0 Å². The van der Waals surface area contributed by atoms with Gasteiger partial charge in [0.05, 0.1) is 6.42 Å². The van der Waals surface area contributed by atoms with Gasteiger partial charge >= 0.3 is 0 Å². The van der Waals surface area contributed by atoms with Crippen molar-refractivity contribution in [3.8, 4) is 0 Å². The van der Waals surface area contributed by atoms with Gasteiger partial charge in [-0.05, 0) is 37.5 Å². The standard InChI is InChI=1S/C28H32N2O2/c1-20-10-12-24(13-11-20)19-30(27(31)18-25-15-21(2)14-22(3)16-25)26(28(32)29-4)17-23-8-6-5-7-9-23/h5-16,26H,17-19H2,1-4H3,(H,29,32)/t26-/m1/s1. The number of likely N-dealkylation sites (N-methyl/N-ethyl adjacent to an activating group) is 1. The zero-order valence-electron chi connectivity index (χ0n) is 19.4. The predicted octanol–water partition coefficient (Wildman–Crippen LogP) is 4.54. The summed E-state index contributed by atoms with van der Waals surface area (Å²) in [5.41, 5.74) is 6.42. The van der Waals surface area contributed by atoms with Gasteiger partial charge in [0, 0.05) is 20.0 Å². The Morgan fingerprint density at radius 1 is 0.781 bits per heavy atom. The number of aryl methyl sites for hydroxylation is 3. The molecule has 0 radical (unpaired) electrons. The van der Waals surface area contributed by atoms with Crippen molar-refractivity contribution in [2.24, 2.45) is 0 Å². The molecule has 0 heterocycles. The maximum atomic E-state index is 13.6. The molecule has 2 amide bonds. The van der Waals surface area contributed by atoms with Crippen LogP contribution in [0.15, 0.2) is 72.8 Å². The highest BCUT2D eigenvalue weighted by Gasteiger charge is 2.29. The number of hydrogen-bond donors (Lipinski definition) is 1. The maximum Gasteiger partial charge on any atom is 0.242 e. The van der Waals surface area contributed by atoms with E-state index in [-0.39, 0.29) is 18.2 Å². The molecule has 0 bridgehead atoms. The van der Waals surface area contributed by atoms with Crippen molar-refractivity contribution in [2.45, 2.75) is 46.2 Å². The first-order valence-electron chi connectivity index (χ1n) is 11.0. The average Bonchev–Trinajstić information content (AvgIpc) is 2.76. The van der Waals surface area contributed by atoms with E-state index in [9.17, 15) is 9.59 Å². The van der Waals surface area contributed by atoms with Crippen LogP contribution in [0.2, 0.25) is 0 Å². The lowest BCUT2D eigenvalue weighted by molar-refractivity contribution is -0.140. The topological polar surface area (TPSA) is 49.4 Å². The lowest BCUT2D eigenvalue weighted by Crippen LogP contribution is -2.50. The molecule has 0 saturated heterocycles. The number of nitrogens with zero attached hydrogens (tertiary/aromatic N) is 1. The monoisotopic (exact) mass is 428 g/mol. The van der Waals surface area contributed by atoms with E-state index < -0.39 is 6.04 Å². The summed E-state index contributed by atoms with van der Waals surface area (Å²) in [5.74, 6) is -0.213. The molecule has 4 heteroatoms. The van der Waals surface area contributed by atoms with E-state index in [2.05, 4.69) is 11.4 Å². The van der Waals surface area contributed by atoms with Crippen molar-refractivity contribution in [2.75, 3.05) is 7.05 Å². The molecular formula is C28H32N2O2.